The van der Waals surface area contributed by atoms with Crippen LogP contribution in [0.2, 0.25) is 0 Å². The summed E-state index contributed by atoms with van der Waals surface area (Å²) in [5.41, 5.74) is 3.44. The van der Waals surface area contributed by atoms with Crippen molar-refractivity contribution in [3.63, 3.8) is 0 Å². The molecular weight excluding hydrogens is 408 g/mol. The van der Waals surface area contributed by atoms with Gasteiger partial charge in [-0.25, -0.2) is 4.79 Å². The zero-order valence-electron chi connectivity index (χ0n) is 18.4. The van der Waals surface area contributed by atoms with Crippen LogP contribution in [0.25, 0.3) is 0 Å². The number of hydrogen-bond acceptors (Lipinski definition) is 6. The molecule has 2 aliphatic rings. The summed E-state index contributed by atoms with van der Waals surface area (Å²) in [6.45, 7) is 4.92. The van der Waals surface area contributed by atoms with E-state index in [1.165, 1.54) is 0 Å². The molecule has 32 heavy (non-hydrogen) atoms. The van der Waals surface area contributed by atoms with Crippen molar-refractivity contribution in [1.82, 2.24) is 15.1 Å². The average molecular weight is 437 g/mol. The van der Waals surface area contributed by atoms with Gasteiger partial charge < -0.3 is 14.8 Å². The Morgan fingerprint density at radius 2 is 2.06 bits per heavy atom. The third-order valence-corrected chi connectivity index (χ3v) is 6.41. The van der Waals surface area contributed by atoms with E-state index in [4.69, 9.17) is 19.8 Å². The molecule has 0 radical (unpaired) electrons. The summed E-state index contributed by atoms with van der Waals surface area (Å²) in [5, 5.41) is 16.7. The Hall–Kier alpha value is -3.18. The second-order valence-corrected chi connectivity index (χ2v) is 8.50. The molecule has 2 aliphatic heterocycles. The van der Waals surface area contributed by atoms with Gasteiger partial charge in [-0.15, -0.1) is 0 Å². The van der Waals surface area contributed by atoms with Crippen LogP contribution in [0.5, 0.6) is 0 Å². The molecule has 8 heteroatoms. The number of hydrogen-bond donors (Lipinski definition) is 1. The van der Waals surface area contributed by atoms with Gasteiger partial charge >= 0.3 is 5.97 Å². The Labute approximate surface area is 187 Å². The molecule has 2 aromatic rings. The van der Waals surface area contributed by atoms with Crippen molar-refractivity contribution in [3.05, 3.63) is 52.3 Å². The molecule has 1 spiro atoms. The second kappa shape index (κ2) is 9.53. The lowest BCUT2D eigenvalue weighted by Crippen LogP contribution is -2.40. The van der Waals surface area contributed by atoms with Gasteiger partial charge in [0, 0.05) is 32.7 Å². The number of nitrogens with one attached hydrogen (secondary N) is 1. The Morgan fingerprint density at radius 1 is 1.31 bits per heavy atom. The molecule has 4 rings (SSSR count). The van der Waals surface area contributed by atoms with E-state index in [2.05, 4.69) is 5.32 Å². The summed E-state index contributed by atoms with van der Waals surface area (Å²) in [6, 6.07) is 8.40. The number of amides is 1. The highest BCUT2D eigenvalue weighted by Gasteiger charge is 2.39. The van der Waals surface area contributed by atoms with Crippen LogP contribution in [0.15, 0.2) is 24.3 Å². The van der Waals surface area contributed by atoms with E-state index in [1.54, 1.807) is 24.3 Å². The highest BCUT2D eigenvalue weighted by Crippen LogP contribution is 2.37. The number of aryl methyl sites for hydroxylation is 2. The third kappa shape index (κ3) is 4.53. The molecule has 1 amide bonds. The molecule has 0 unspecified atom stereocenters. The summed E-state index contributed by atoms with van der Waals surface area (Å²) in [4.78, 5) is 25.1. The van der Waals surface area contributed by atoms with E-state index in [0.29, 0.717) is 55.8 Å². The molecular formula is C24H28N4O4. The first-order valence-corrected chi connectivity index (χ1v) is 11.2. The van der Waals surface area contributed by atoms with Gasteiger partial charge in [0.25, 0.3) is 5.91 Å². The lowest BCUT2D eigenvalue weighted by Gasteiger charge is -2.36. The Bertz CT molecular complexity index is 1030. The van der Waals surface area contributed by atoms with Crippen molar-refractivity contribution in [2.45, 2.75) is 45.6 Å². The van der Waals surface area contributed by atoms with Crippen LogP contribution >= 0.6 is 0 Å². The van der Waals surface area contributed by atoms with Crippen LogP contribution in [0, 0.1) is 16.7 Å². The SMILES string of the molecule is CCc1nn(CCCOC(=O)c2ccc(C#N)cc2)c2c1C(=O)NCC1(CCOCC1)C2. The van der Waals surface area contributed by atoms with Crippen LogP contribution in [0.3, 0.4) is 0 Å². The lowest BCUT2D eigenvalue weighted by atomic mass is 9.76. The van der Waals surface area contributed by atoms with Crippen LogP contribution < -0.4 is 5.32 Å². The van der Waals surface area contributed by atoms with Gasteiger partial charge in [-0.1, -0.05) is 6.92 Å². The summed E-state index contributed by atoms with van der Waals surface area (Å²) < 4.78 is 12.9. The second-order valence-electron chi connectivity index (χ2n) is 8.50. The topological polar surface area (TPSA) is 106 Å². The molecule has 168 valence electrons. The normalized spacial score (nSPS) is 17.2. The molecule has 0 bridgehead atoms. The van der Waals surface area contributed by atoms with Crippen molar-refractivity contribution in [3.8, 4) is 6.07 Å². The number of aromatic nitrogens is 2. The molecule has 1 fully saturated rings. The van der Waals surface area contributed by atoms with Crippen LogP contribution in [-0.2, 0) is 28.9 Å². The zero-order valence-corrected chi connectivity index (χ0v) is 18.4. The fraction of sp³-hybridized carbons (Fsp3) is 0.500. The van der Waals surface area contributed by atoms with Gasteiger partial charge in [-0.3, -0.25) is 9.48 Å². The van der Waals surface area contributed by atoms with Gasteiger partial charge in [0.05, 0.1) is 40.8 Å². The Kier molecular flexibility index (Phi) is 6.56. The van der Waals surface area contributed by atoms with Crippen LogP contribution in [0.1, 0.15) is 63.9 Å². The highest BCUT2D eigenvalue weighted by atomic mass is 16.5. The molecule has 0 saturated carbocycles. The van der Waals surface area contributed by atoms with Crippen molar-refractivity contribution in [2.75, 3.05) is 26.4 Å². The number of carbonyl (C=O) groups is 2. The first-order valence-electron chi connectivity index (χ1n) is 11.2. The van der Waals surface area contributed by atoms with E-state index in [1.807, 2.05) is 17.7 Å². The van der Waals surface area contributed by atoms with Crippen molar-refractivity contribution < 1.29 is 19.1 Å². The molecule has 1 aromatic heterocycles. The molecule has 0 aliphatic carbocycles. The number of nitriles is 1. The maximum Gasteiger partial charge on any atom is 0.338 e. The average Bonchev–Trinajstić information content (AvgIpc) is 3.10. The smallest absolute Gasteiger partial charge is 0.338 e. The monoisotopic (exact) mass is 436 g/mol. The van der Waals surface area contributed by atoms with Gasteiger partial charge in [-0.05, 0) is 55.4 Å². The highest BCUT2D eigenvalue weighted by molar-refractivity contribution is 5.97. The zero-order chi connectivity index (χ0) is 22.6. The minimum Gasteiger partial charge on any atom is -0.462 e. The van der Waals surface area contributed by atoms with Crippen molar-refractivity contribution in [1.29, 1.82) is 5.26 Å². The number of ether oxygens (including phenoxy) is 2. The van der Waals surface area contributed by atoms with Gasteiger partial charge in [-0.2, -0.15) is 10.4 Å². The maximum atomic E-state index is 12.9. The van der Waals surface area contributed by atoms with Crippen LogP contribution in [-0.4, -0.2) is 48.0 Å². The number of nitrogens with zero attached hydrogens (tertiary/aromatic N) is 3. The first-order chi connectivity index (χ1) is 15.5. The number of carbonyl (C=O) groups excluding carboxylic acids is 2. The lowest BCUT2D eigenvalue weighted by molar-refractivity contribution is 0.0152. The number of esters is 1. The summed E-state index contributed by atoms with van der Waals surface area (Å²) in [7, 11) is 0. The predicted octanol–water partition coefficient (Wildman–Crippen LogP) is 2.65. The van der Waals surface area contributed by atoms with Gasteiger partial charge in [0.15, 0.2) is 0 Å². The molecule has 8 nitrogen and oxygen atoms in total. The Morgan fingerprint density at radius 3 is 2.75 bits per heavy atom. The molecule has 0 atom stereocenters. The summed E-state index contributed by atoms with van der Waals surface area (Å²) >= 11 is 0. The standard InChI is InChI=1S/C24H28N4O4/c1-2-19-21-20(14-24(16-26-22(21)29)8-12-31-13-9-24)28(27-19)10-3-11-32-23(30)18-6-4-17(15-25)5-7-18/h4-7H,2-3,8-14,16H2,1H3,(H,26,29). The van der Waals surface area contributed by atoms with E-state index in [0.717, 1.165) is 30.7 Å². The van der Waals surface area contributed by atoms with Crippen molar-refractivity contribution >= 4 is 11.9 Å². The van der Waals surface area contributed by atoms with E-state index in [-0.39, 0.29) is 17.9 Å². The third-order valence-electron chi connectivity index (χ3n) is 6.41. The summed E-state index contributed by atoms with van der Waals surface area (Å²) in [5.74, 6) is -0.456. The van der Waals surface area contributed by atoms with Crippen LogP contribution in [0.4, 0.5) is 0 Å². The van der Waals surface area contributed by atoms with Gasteiger partial charge in [0.2, 0.25) is 0 Å². The minimum absolute atomic E-state index is 0.00398. The Balaban J connectivity index is 1.43. The van der Waals surface area contributed by atoms with E-state index >= 15 is 0 Å². The molecule has 1 N–H and O–H groups in total. The fourth-order valence-electron chi connectivity index (χ4n) is 4.50. The van der Waals surface area contributed by atoms with Gasteiger partial charge in [0.1, 0.15) is 0 Å². The quantitative estimate of drug-likeness (QED) is 0.551. The predicted molar refractivity (Wildman–Crippen MR) is 116 cm³/mol. The maximum absolute atomic E-state index is 12.9. The first kappa shape index (κ1) is 22.0. The minimum atomic E-state index is -0.413. The molecule has 1 aromatic carbocycles. The van der Waals surface area contributed by atoms with Crippen molar-refractivity contribution in [2.24, 2.45) is 5.41 Å². The fourth-order valence-corrected chi connectivity index (χ4v) is 4.50. The number of fused-ring (bicyclic) bond motifs is 1. The largest absolute Gasteiger partial charge is 0.462 e. The van der Waals surface area contributed by atoms with E-state index < -0.39 is 5.97 Å². The molecule has 3 heterocycles. The number of benzene rings is 1. The molecule has 1 saturated heterocycles. The number of rotatable bonds is 6. The van der Waals surface area contributed by atoms with E-state index in [9.17, 15) is 9.59 Å². The summed E-state index contributed by atoms with van der Waals surface area (Å²) in [6.07, 6.45) is 3.91.